The Kier molecular flexibility index (Phi) is 3.79. The van der Waals surface area contributed by atoms with Crippen molar-refractivity contribution >= 4 is 10.0 Å². The van der Waals surface area contributed by atoms with Gasteiger partial charge in [-0.2, -0.15) is 0 Å². The molecule has 0 radical (unpaired) electrons. The van der Waals surface area contributed by atoms with E-state index in [9.17, 15) is 8.42 Å². The minimum Gasteiger partial charge on any atom is -0.326 e. The highest BCUT2D eigenvalue weighted by Gasteiger charge is 2.30. The van der Waals surface area contributed by atoms with Crippen molar-refractivity contribution in [1.82, 2.24) is 4.72 Å². The highest BCUT2D eigenvalue weighted by Crippen LogP contribution is 2.20. The van der Waals surface area contributed by atoms with Crippen molar-refractivity contribution in [3.05, 3.63) is 0 Å². The molecule has 0 bridgehead atoms. The molecule has 0 spiro atoms. The molecule has 0 amide bonds. The van der Waals surface area contributed by atoms with Crippen molar-refractivity contribution in [3.8, 4) is 0 Å². The quantitative estimate of drug-likeness (QED) is 0.760. The number of hydrogen-bond acceptors (Lipinski definition) is 3. The Morgan fingerprint density at radius 3 is 2.33 bits per heavy atom. The lowest BCUT2D eigenvalue weighted by atomic mass is 10.0. The number of sulfonamides is 1. The van der Waals surface area contributed by atoms with Crippen molar-refractivity contribution in [2.75, 3.05) is 5.75 Å². The van der Waals surface area contributed by atoms with Crippen LogP contribution in [0.1, 0.15) is 40.0 Å². The third-order valence-corrected chi connectivity index (χ3v) is 4.43. The highest BCUT2D eigenvalue weighted by atomic mass is 32.2. The molecule has 3 N–H and O–H groups in total. The van der Waals surface area contributed by atoms with E-state index in [0.717, 1.165) is 19.3 Å². The van der Waals surface area contributed by atoms with Crippen LogP contribution in [0.15, 0.2) is 0 Å². The van der Waals surface area contributed by atoms with E-state index < -0.39 is 10.0 Å². The van der Waals surface area contributed by atoms with Crippen LogP contribution in [0.2, 0.25) is 0 Å². The third-order valence-electron chi connectivity index (χ3n) is 2.52. The van der Waals surface area contributed by atoms with Crippen molar-refractivity contribution in [1.29, 1.82) is 0 Å². The third kappa shape index (κ3) is 4.49. The van der Waals surface area contributed by atoms with E-state index >= 15 is 0 Å². The van der Waals surface area contributed by atoms with Gasteiger partial charge in [-0.3, -0.25) is 0 Å². The lowest BCUT2D eigenvalue weighted by molar-refractivity contribution is 0.450. The molecule has 0 aliphatic heterocycles. The normalized spacial score (nSPS) is 28.3. The van der Waals surface area contributed by atoms with Crippen LogP contribution in [0.25, 0.3) is 0 Å². The van der Waals surface area contributed by atoms with Gasteiger partial charge in [-0.15, -0.1) is 0 Å². The number of nitrogens with one attached hydrogen (secondary N) is 1. The fourth-order valence-electron chi connectivity index (χ4n) is 1.98. The zero-order valence-corrected chi connectivity index (χ0v) is 10.6. The Bertz CT molecular complexity index is 306. The van der Waals surface area contributed by atoms with Gasteiger partial charge in [-0.05, 0) is 18.3 Å². The summed E-state index contributed by atoms with van der Waals surface area (Å²) >= 11 is 0. The molecule has 90 valence electrons. The maximum absolute atomic E-state index is 11.8. The van der Waals surface area contributed by atoms with Gasteiger partial charge in [-0.1, -0.05) is 27.2 Å². The van der Waals surface area contributed by atoms with Crippen molar-refractivity contribution in [3.63, 3.8) is 0 Å². The fraction of sp³-hybridized carbons (Fsp3) is 1.00. The Morgan fingerprint density at radius 1 is 1.33 bits per heavy atom. The Balaban J connectivity index is 2.57. The molecule has 0 aromatic carbocycles. The second-order valence-electron chi connectivity index (χ2n) is 5.64. The molecule has 0 heterocycles. The number of hydrogen-bond donors (Lipinski definition) is 2. The van der Waals surface area contributed by atoms with Crippen LogP contribution in [0.5, 0.6) is 0 Å². The summed E-state index contributed by atoms with van der Waals surface area (Å²) in [4.78, 5) is 0. The SMILES string of the molecule is CC(C)(C)CS(=O)(=O)NC1CCCC1N. The van der Waals surface area contributed by atoms with Gasteiger partial charge in [0, 0.05) is 12.1 Å². The largest absolute Gasteiger partial charge is 0.326 e. The first-order valence-electron chi connectivity index (χ1n) is 5.45. The van der Waals surface area contributed by atoms with Crippen LogP contribution in [0, 0.1) is 5.41 Å². The van der Waals surface area contributed by atoms with E-state index in [2.05, 4.69) is 4.72 Å². The lowest BCUT2D eigenvalue weighted by Crippen LogP contribution is -2.46. The van der Waals surface area contributed by atoms with Crippen LogP contribution < -0.4 is 10.5 Å². The maximum Gasteiger partial charge on any atom is 0.212 e. The van der Waals surface area contributed by atoms with E-state index in [4.69, 9.17) is 5.73 Å². The topological polar surface area (TPSA) is 72.2 Å². The predicted octanol–water partition coefficient (Wildman–Crippen LogP) is 0.832. The smallest absolute Gasteiger partial charge is 0.212 e. The number of rotatable bonds is 3. The minimum atomic E-state index is -3.19. The summed E-state index contributed by atoms with van der Waals surface area (Å²) in [5.74, 6) is 0.156. The van der Waals surface area contributed by atoms with E-state index in [-0.39, 0.29) is 23.3 Å². The second kappa shape index (κ2) is 4.39. The maximum atomic E-state index is 11.8. The van der Waals surface area contributed by atoms with Gasteiger partial charge >= 0.3 is 0 Å². The Hall–Kier alpha value is -0.130. The molecule has 0 aromatic heterocycles. The first-order valence-corrected chi connectivity index (χ1v) is 7.10. The van der Waals surface area contributed by atoms with Crippen molar-refractivity contribution in [2.24, 2.45) is 11.1 Å². The Labute approximate surface area is 92.7 Å². The minimum absolute atomic E-state index is 0.0141. The molecule has 2 atom stereocenters. The molecule has 5 heteroatoms. The van der Waals surface area contributed by atoms with Crippen LogP contribution in [-0.4, -0.2) is 26.3 Å². The van der Waals surface area contributed by atoms with Crippen LogP contribution in [0.4, 0.5) is 0 Å². The van der Waals surface area contributed by atoms with Crippen LogP contribution in [0.3, 0.4) is 0 Å². The second-order valence-corrected chi connectivity index (χ2v) is 7.39. The zero-order valence-electron chi connectivity index (χ0n) is 9.79. The summed E-state index contributed by atoms with van der Waals surface area (Å²) in [5.41, 5.74) is 5.61. The van der Waals surface area contributed by atoms with Gasteiger partial charge < -0.3 is 5.73 Å². The van der Waals surface area contributed by atoms with Gasteiger partial charge in [0.15, 0.2) is 0 Å². The standard InChI is InChI=1S/C10H22N2O2S/c1-10(2,3)7-15(13,14)12-9-6-4-5-8(9)11/h8-9,12H,4-7,11H2,1-3H3. The predicted molar refractivity (Wildman–Crippen MR) is 62.0 cm³/mol. The fourth-order valence-corrected chi connectivity index (χ4v) is 3.95. The summed E-state index contributed by atoms with van der Waals surface area (Å²) in [6, 6.07) is -0.0721. The van der Waals surface area contributed by atoms with E-state index in [1.165, 1.54) is 0 Å². The summed E-state index contributed by atoms with van der Waals surface area (Å²) in [6.45, 7) is 5.75. The van der Waals surface area contributed by atoms with Crippen LogP contribution in [-0.2, 0) is 10.0 Å². The molecule has 15 heavy (non-hydrogen) atoms. The van der Waals surface area contributed by atoms with Gasteiger partial charge in [-0.25, -0.2) is 13.1 Å². The summed E-state index contributed by atoms with van der Waals surface area (Å²) < 4.78 is 26.3. The van der Waals surface area contributed by atoms with E-state index in [1.807, 2.05) is 20.8 Å². The summed E-state index contributed by atoms with van der Waals surface area (Å²) in [7, 11) is -3.19. The first kappa shape index (κ1) is 12.9. The number of nitrogens with two attached hydrogens (primary N) is 1. The first-order chi connectivity index (χ1) is 6.70. The molecule has 0 saturated heterocycles. The molecule has 1 fully saturated rings. The van der Waals surface area contributed by atoms with Gasteiger partial charge in [0.2, 0.25) is 10.0 Å². The molecule has 1 saturated carbocycles. The lowest BCUT2D eigenvalue weighted by Gasteiger charge is -2.22. The van der Waals surface area contributed by atoms with Gasteiger partial charge in [0.25, 0.3) is 0 Å². The Morgan fingerprint density at radius 2 is 1.93 bits per heavy atom. The monoisotopic (exact) mass is 234 g/mol. The average molecular weight is 234 g/mol. The van der Waals surface area contributed by atoms with Crippen LogP contribution >= 0.6 is 0 Å². The molecular weight excluding hydrogens is 212 g/mol. The molecule has 1 aliphatic carbocycles. The van der Waals surface area contributed by atoms with Crippen molar-refractivity contribution < 1.29 is 8.42 Å². The van der Waals surface area contributed by atoms with Crippen molar-refractivity contribution in [2.45, 2.75) is 52.1 Å². The molecule has 0 aromatic rings. The molecule has 2 unspecified atom stereocenters. The molecule has 1 aliphatic rings. The highest BCUT2D eigenvalue weighted by molar-refractivity contribution is 7.89. The molecular formula is C10H22N2O2S. The summed E-state index contributed by atoms with van der Waals surface area (Å²) in [5, 5.41) is 0. The van der Waals surface area contributed by atoms with Gasteiger partial charge in [0.1, 0.15) is 0 Å². The summed E-state index contributed by atoms with van der Waals surface area (Å²) in [6.07, 6.45) is 2.80. The van der Waals surface area contributed by atoms with E-state index in [0.29, 0.717) is 0 Å². The average Bonchev–Trinajstić information content (AvgIpc) is 2.29. The van der Waals surface area contributed by atoms with Gasteiger partial charge in [0.05, 0.1) is 5.75 Å². The molecule has 1 rings (SSSR count). The zero-order chi connectivity index (χ0) is 11.7. The molecule has 4 nitrogen and oxygen atoms in total. The van der Waals surface area contributed by atoms with E-state index in [1.54, 1.807) is 0 Å².